The van der Waals surface area contributed by atoms with Crippen LogP contribution in [-0.2, 0) is 16.0 Å². The lowest BCUT2D eigenvalue weighted by atomic mass is 10.0. The van der Waals surface area contributed by atoms with Crippen LogP contribution in [0, 0.1) is 6.92 Å². The maximum Gasteiger partial charge on any atom is 0.255 e. The molecule has 4 aromatic heterocycles. The van der Waals surface area contributed by atoms with E-state index >= 15 is 0 Å². The predicted octanol–water partition coefficient (Wildman–Crippen LogP) is 10.4. The summed E-state index contributed by atoms with van der Waals surface area (Å²) in [5, 5.41) is 6.26. The second kappa shape index (κ2) is 20.5. The number of aryl methyl sites for hydroxylation is 1. The molecule has 0 radical (unpaired) electrons. The van der Waals surface area contributed by atoms with E-state index in [4.69, 9.17) is 14.5 Å². The van der Waals surface area contributed by atoms with Gasteiger partial charge in [0.05, 0.1) is 33.4 Å². The van der Waals surface area contributed by atoms with E-state index in [-0.39, 0.29) is 22.9 Å². The molecule has 14 nitrogen and oxygen atoms in total. The minimum Gasteiger partial charge on any atom is -0.486 e. The molecule has 1 fully saturated rings. The summed E-state index contributed by atoms with van der Waals surface area (Å²) in [6, 6.07) is 45.1. The fraction of sp³-hybridized carbons (Fsp3) is 0.156. The normalized spacial score (nSPS) is 14.0. The monoisotopic (exact) mass is 1030 g/mol. The Morgan fingerprint density at radius 3 is 1.78 bits per heavy atom. The molecular weight excluding hydrogens is 977 g/mol. The van der Waals surface area contributed by atoms with Crippen molar-refractivity contribution in [2.24, 2.45) is 0 Å². The van der Waals surface area contributed by atoms with Gasteiger partial charge in [0.25, 0.3) is 11.1 Å². The molecule has 0 bridgehead atoms. The Hall–Kier alpha value is -9.66. The Labute approximate surface area is 449 Å². The van der Waals surface area contributed by atoms with Gasteiger partial charge in [0.1, 0.15) is 13.2 Å². The summed E-state index contributed by atoms with van der Waals surface area (Å²) in [6.45, 7) is 14.9. The zero-order chi connectivity index (χ0) is 53.6. The molecule has 14 heteroatoms. The SMILES string of the molecule is C=CC(=O)N1CCc2ccc(-n3c(=O)ccc4cnc5ccc(-c6ccc(N7CCN(C)CC7)cc6)cc5c43)cc21.C=CC(=O)Nc1cc(-n2c(=O)ccc3cnc4ccc(-c5ccc6c(c5)OCCO6)cc4c32)ccc1C. The van der Waals surface area contributed by atoms with Gasteiger partial charge in [-0.15, -0.1) is 0 Å². The summed E-state index contributed by atoms with van der Waals surface area (Å²) < 4.78 is 14.8. The zero-order valence-corrected chi connectivity index (χ0v) is 43.2. The van der Waals surface area contributed by atoms with Crippen LogP contribution in [0.2, 0.25) is 0 Å². The number of benzene rings is 6. The van der Waals surface area contributed by atoms with Gasteiger partial charge in [-0.3, -0.25) is 38.3 Å². The van der Waals surface area contributed by atoms with Crippen molar-refractivity contribution in [2.45, 2.75) is 13.3 Å². The van der Waals surface area contributed by atoms with Crippen LogP contribution in [0.15, 0.2) is 187 Å². The molecule has 78 heavy (non-hydrogen) atoms. The average molecular weight is 1030 g/mol. The van der Waals surface area contributed by atoms with Crippen LogP contribution in [0.25, 0.3) is 77.2 Å². The van der Waals surface area contributed by atoms with Crippen molar-refractivity contribution in [1.82, 2.24) is 24.0 Å². The molecule has 2 amide bonds. The van der Waals surface area contributed by atoms with Crippen LogP contribution in [0.1, 0.15) is 11.1 Å². The van der Waals surface area contributed by atoms with Gasteiger partial charge in [-0.2, -0.15) is 0 Å². The first kappa shape index (κ1) is 49.2. The molecule has 3 aliphatic rings. The maximum absolute atomic E-state index is 13.5. The first-order valence-electron chi connectivity index (χ1n) is 26.0. The first-order valence-corrected chi connectivity index (χ1v) is 26.0. The number of hydrogen-bond acceptors (Lipinski definition) is 10. The van der Waals surface area contributed by atoms with E-state index in [0.29, 0.717) is 36.9 Å². The molecule has 0 atom stereocenters. The van der Waals surface area contributed by atoms with Gasteiger partial charge < -0.3 is 29.5 Å². The molecule has 7 heterocycles. The molecule has 6 aromatic carbocycles. The highest BCUT2D eigenvalue weighted by molar-refractivity contribution is 6.07. The van der Waals surface area contributed by atoms with E-state index < -0.39 is 0 Å². The summed E-state index contributed by atoms with van der Waals surface area (Å²) >= 11 is 0. The summed E-state index contributed by atoms with van der Waals surface area (Å²) in [5.41, 5.74) is 12.9. The highest BCUT2D eigenvalue weighted by atomic mass is 16.6. The summed E-state index contributed by atoms with van der Waals surface area (Å²) in [4.78, 5) is 67.1. The van der Waals surface area contributed by atoms with E-state index in [9.17, 15) is 19.2 Å². The standard InChI is InChI=1S/C34H31N5O2.C30H23N3O4/c1-3-32(40)38-15-14-24-6-11-28(21-31(24)38)39-33(41)13-8-26-22-35-30-12-7-25(20-29(30)34(26)39)23-4-9-27(10-5-23)37-18-16-36(2)17-19-37;1-3-28(34)32-25-16-22(8-4-18(25)2)33-29(35)11-7-21-17-31-24-9-5-19(14-23(24)30(21)33)20-6-10-26-27(15-20)37-13-12-36-26/h3-13,20-22H,1,14-19H2,2H3;3-11,14-17H,1,12-13H2,2H3,(H,32,34). The van der Waals surface area contributed by atoms with Crippen molar-refractivity contribution in [3.8, 4) is 45.1 Å². The van der Waals surface area contributed by atoms with Gasteiger partial charge in [0, 0.05) is 95.9 Å². The minimum atomic E-state index is -0.316. The fourth-order valence-corrected chi connectivity index (χ4v) is 10.8. The van der Waals surface area contributed by atoms with Crippen LogP contribution in [0.3, 0.4) is 0 Å². The van der Waals surface area contributed by atoms with Gasteiger partial charge in [0.15, 0.2) is 11.5 Å². The third kappa shape index (κ3) is 9.21. The van der Waals surface area contributed by atoms with Crippen molar-refractivity contribution >= 4 is 72.5 Å². The molecule has 13 rings (SSSR count). The Morgan fingerprint density at radius 1 is 0.577 bits per heavy atom. The zero-order valence-electron chi connectivity index (χ0n) is 43.2. The van der Waals surface area contributed by atoms with Crippen LogP contribution < -0.4 is 35.7 Å². The van der Waals surface area contributed by atoms with E-state index in [1.807, 2.05) is 92.0 Å². The van der Waals surface area contributed by atoms with E-state index in [0.717, 1.165) is 127 Å². The van der Waals surface area contributed by atoms with Crippen molar-refractivity contribution in [3.05, 3.63) is 209 Å². The molecule has 0 unspecified atom stereocenters. The summed E-state index contributed by atoms with van der Waals surface area (Å²) in [6.07, 6.45) is 6.92. The molecule has 0 aliphatic carbocycles. The number of aromatic nitrogens is 4. The Balaban J connectivity index is 0.000000157. The number of rotatable bonds is 8. The third-order valence-electron chi connectivity index (χ3n) is 15.0. The number of piperazine rings is 1. The number of pyridine rings is 4. The number of ether oxygens (including phenoxy) is 2. The minimum absolute atomic E-state index is 0.133. The second-order valence-electron chi connectivity index (χ2n) is 19.7. The van der Waals surface area contributed by atoms with Gasteiger partial charge in [-0.1, -0.05) is 55.6 Å². The number of nitrogens with one attached hydrogen (secondary N) is 1. The van der Waals surface area contributed by atoms with E-state index in [1.165, 1.54) is 23.9 Å². The molecular formula is C64H54N8O6. The molecule has 386 valence electrons. The highest BCUT2D eigenvalue weighted by Crippen LogP contribution is 2.38. The molecule has 10 aromatic rings. The number of fused-ring (bicyclic) bond motifs is 8. The number of carbonyl (C=O) groups is 2. The van der Waals surface area contributed by atoms with Crippen molar-refractivity contribution < 1.29 is 19.1 Å². The quantitative estimate of drug-likeness (QED) is 0.115. The number of carbonyl (C=O) groups excluding carboxylic acids is 2. The topological polar surface area (TPSA) is 144 Å². The number of hydrogen-bond donors (Lipinski definition) is 1. The number of amides is 2. The lowest BCUT2D eigenvalue weighted by Gasteiger charge is -2.34. The van der Waals surface area contributed by atoms with Crippen molar-refractivity contribution in [3.63, 3.8) is 0 Å². The number of nitrogens with zero attached hydrogens (tertiary/aromatic N) is 7. The van der Waals surface area contributed by atoms with Crippen LogP contribution in [0.4, 0.5) is 17.1 Å². The van der Waals surface area contributed by atoms with E-state index in [1.54, 1.807) is 38.4 Å². The Morgan fingerprint density at radius 2 is 1.14 bits per heavy atom. The van der Waals surface area contributed by atoms with Crippen LogP contribution >= 0.6 is 0 Å². The Kier molecular flexibility index (Phi) is 12.9. The van der Waals surface area contributed by atoms with E-state index in [2.05, 4.69) is 76.7 Å². The molecule has 0 saturated carbocycles. The smallest absolute Gasteiger partial charge is 0.255 e. The highest BCUT2D eigenvalue weighted by Gasteiger charge is 2.25. The van der Waals surface area contributed by atoms with Crippen molar-refractivity contribution in [2.75, 3.05) is 68.1 Å². The fourth-order valence-electron chi connectivity index (χ4n) is 10.8. The van der Waals surface area contributed by atoms with Gasteiger partial charge >= 0.3 is 0 Å². The average Bonchev–Trinajstić information content (AvgIpc) is 4.05. The van der Waals surface area contributed by atoms with Gasteiger partial charge in [-0.25, -0.2) is 0 Å². The van der Waals surface area contributed by atoms with Crippen LogP contribution in [-0.4, -0.2) is 88.8 Å². The lowest BCUT2D eigenvalue weighted by molar-refractivity contribution is -0.114. The van der Waals surface area contributed by atoms with Gasteiger partial charge in [-0.05, 0) is 151 Å². The number of likely N-dealkylation sites (N-methyl/N-ethyl adjacent to an activating group) is 1. The Bertz CT molecular complexity index is 4220. The molecule has 1 saturated heterocycles. The molecule has 0 spiro atoms. The maximum atomic E-state index is 13.5. The predicted molar refractivity (Wildman–Crippen MR) is 311 cm³/mol. The molecule has 1 N–H and O–H groups in total. The third-order valence-corrected chi connectivity index (χ3v) is 15.0. The largest absolute Gasteiger partial charge is 0.486 e. The number of anilines is 3. The van der Waals surface area contributed by atoms with Gasteiger partial charge in [0.2, 0.25) is 11.8 Å². The summed E-state index contributed by atoms with van der Waals surface area (Å²) in [7, 11) is 2.17. The lowest BCUT2D eigenvalue weighted by Crippen LogP contribution is -2.44. The van der Waals surface area contributed by atoms with Crippen LogP contribution in [0.5, 0.6) is 11.5 Å². The first-order chi connectivity index (χ1) is 38.0. The summed E-state index contributed by atoms with van der Waals surface area (Å²) in [5.74, 6) is 0.995. The van der Waals surface area contributed by atoms with Crippen molar-refractivity contribution in [1.29, 1.82) is 0 Å². The second-order valence-corrected chi connectivity index (χ2v) is 19.7. The molecule has 3 aliphatic heterocycles.